The van der Waals surface area contributed by atoms with E-state index in [0.717, 1.165) is 24.9 Å². The molecule has 13 heteroatoms. The van der Waals surface area contributed by atoms with Gasteiger partial charge >= 0.3 is 5.97 Å². The predicted octanol–water partition coefficient (Wildman–Crippen LogP) is 4.46. The second-order valence-corrected chi connectivity index (χ2v) is 11.2. The first kappa shape index (κ1) is 27.7. The van der Waals surface area contributed by atoms with Gasteiger partial charge in [0.05, 0.1) is 64.2 Å². The number of carbonyl (C=O) groups is 2. The molecule has 0 bridgehead atoms. The molecule has 0 aliphatic carbocycles. The van der Waals surface area contributed by atoms with Crippen molar-refractivity contribution in [1.29, 1.82) is 0 Å². The van der Waals surface area contributed by atoms with Gasteiger partial charge in [-0.2, -0.15) is 0 Å². The summed E-state index contributed by atoms with van der Waals surface area (Å²) < 4.78 is 42.0. The van der Waals surface area contributed by atoms with Gasteiger partial charge in [-0.25, -0.2) is 13.2 Å². The molecule has 0 radical (unpaired) electrons. The van der Waals surface area contributed by atoms with E-state index in [4.69, 9.17) is 9.47 Å². The Morgan fingerprint density at radius 2 is 1.74 bits per heavy atom. The molecule has 3 aromatic rings. The number of rotatable bonds is 8. The fourth-order valence-electron chi connectivity index (χ4n) is 3.88. The number of thioether (sulfide) groups is 1. The van der Waals surface area contributed by atoms with Crippen LogP contribution in [0.1, 0.15) is 21.5 Å². The lowest BCUT2D eigenvalue weighted by Gasteiger charge is -2.20. The maximum absolute atomic E-state index is 13.4. The molecule has 0 fully saturated rings. The Morgan fingerprint density at radius 1 is 1.05 bits per heavy atom. The maximum atomic E-state index is 13.4. The van der Waals surface area contributed by atoms with Crippen LogP contribution >= 0.6 is 11.8 Å². The second-order valence-electron chi connectivity index (χ2n) is 8.15. The number of anilines is 1. The average Bonchev–Trinajstić information content (AvgIpc) is 2.92. The average molecular weight is 571 g/mol. The summed E-state index contributed by atoms with van der Waals surface area (Å²) in [4.78, 5) is 36.0. The van der Waals surface area contributed by atoms with Crippen molar-refractivity contribution in [3.8, 4) is 11.5 Å². The number of nitro groups is 1. The molecule has 1 aliphatic heterocycles. The van der Waals surface area contributed by atoms with Crippen LogP contribution in [-0.2, 0) is 25.1 Å². The minimum atomic E-state index is -3.87. The van der Waals surface area contributed by atoms with Crippen molar-refractivity contribution in [2.24, 2.45) is 0 Å². The van der Waals surface area contributed by atoms with Crippen molar-refractivity contribution >= 4 is 50.9 Å². The number of esters is 1. The van der Waals surface area contributed by atoms with E-state index in [1.54, 1.807) is 18.2 Å². The third-order valence-electron chi connectivity index (χ3n) is 5.80. The number of carbonyl (C=O) groups excluding carboxylic acids is 2. The van der Waals surface area contributed by atoms with E-state index >= 15 is 0 Å². The van der Waals surface area contributed by atoms with E-state index in [0.29, 0.717) is 27.6 Å². The van der Waals surface area contributed by atoms with Crippen LogP contribution in [0.5, 0.6) is 11.5 Å². The number of nitrogens with one attached hydrogen (secondary N) is 1. The highest BCUT2D eigenvalue weighted by atomic mass is 32.2. The van der Waals surface area contributed by atoms with Crippen LogP contribution in [0.2, 0.25) is 0 Å². The summed E-state index contributed by atoms with van der Waals surface area (Å²) in [5, 5.41) is 14.3. The number of sulfone groups is 1. The number of hydrogen-bond donors (Lipinski definition) is 1. The Kier molecular flexibility index (Phi) is 7.93. The molecule has 0 aromatic heterocycles. The first-order valence-corrected chi connectivity index (χ1v) is 13.7. The zero-order valence-corrected chi connectivity index (χ0v) is 22.6. The Morgan fingerprint density at radius 3 is 2.36 bits per heavy atom. The Labute approximate surface area is 227 Å². The molecule has 3 aromatic carbocycles. The van der Waals surface area contributed by atoms with Gasteiger partial charge < -0.3 is 19.5 Å². The number of fused-ring (bicyclic) bond motifs is 1. The third kappa shape index (κ3) is 5.73. The van der Waals surface area contributed by atoms with Crippen LogP contribution in [0.4, 0.5) is 11.4 Å². The molecule has 1 aliphatic rings. The molecule has 39 heavy (non-hydrogen) atoms. The topological polar surface area (TPSA) is 151 Å². The summed E-state index contributed by atoms with van der Waals surface area (Å²) in [6, 6.07) is 13.0. The number of nitro benzene ring substituents is 1. The van der Waals surface area contributed by atoms with Crippen molar-refractivity contribution in [2.75, 3.05) is 26.6 Å². The van der Waals surface area contributed by atoms with Crippen LogP contribution in [0.25, 0.3) is 6.08 Å². The van der Waals surface area contributed by atoms with Crippen molar-refractivity contribution in [3.05, 3.63) is 86.3 Å². The summed E-state index contributed by atoms with van der Waals surface area (Å²) >= 11 is 0.968. The van der Waals surface area contributed by atoms with E-state index in [9.17, 15) is 28.1 Å². The smallest absolute Gasteiger partial charge is 0.338 e. The molecular formula is C26H22N2O9S2. The zero-order chi connectivity index (χ0) is 28.3. The maximum Gasteiger partial charge on any atom is 0.338 e. The molecule has 0 spiro atoms. The molecular weight excluding hydrogens is 548 g/mol. The highest BCUT2D eigenvalue weighted by Gasteiger charge is 2.27. The van der Waals surface area contributed by atoms with E-state index in [1.807, 2.05) is 0 Å². The summed E-state index contributed by atoms with van der Waals surface area (Å²) in [6.07, 6.45) is 1.31. The first-order chi connectivity index (χ1) is 18.6. The van der Waals surface area contributed by atoms with Crippen LogP contribution in [-0.4, -0.2) is 46.5 Å². The zero-order valence-electron chi connectivity index (χ0n) is 20.9. The Balaban J connectivity index is 1.69. The Bertz CT molecular complexity index is 1610. The number of hydrogen-bond acceptors (Lipinski definition) is 10. The highest BCUT2D eigenvalue weighted by molar-refractivity contribution is 8.04. The number of methoxy groups -OCH3 is 3. The number of ether oxygens (including phenoxy) is 3. The van der Waals surface area contributed by atoms with Crippen molar-refractivity contribution in [3.63, 3.8) is 0 Å². The lowest BCUT2D eigenvalue weighted by Crippen LogP contribution is -2.18. The summed E-state index contributed by atoms with van der Waals surface area (Å²) in [5.74, 6) is -0.925. The van der Waals surface area contributed by atoms with Gasteiger partial charge in [-0.05, 0) is 48.5 Å². The van der Waals surface area contributed by atoms with Gasteiger partial charge in [-0.3, -0.25) is 14.9 Å². The fourth-order valence-corrected chi connectivity index (χ4v) is 6.34. The van der Waals surface area contributed by atoms with Gasteiger partial charge in [0.1, 0.15) is 11.5 Å². The molecule has 11 nitrogen and oxygen atoms in total. The summed E-state index contributed by atoms with van der Waals surface area (Å²) in [7, 11) is 0.154. The molecule has 0 unspecified atom stereocenters. The predicted molar refractivity (Wildman–Crippen MR) is 144 cm³/mol. The standard InChI is InChI=1S/C26H22N2O9S2/c1-35-21-5-4-6-22(36-2)18(21)14-39(33,34)17-9-10-19-23(13-17)38-24(25(29)27-19)12-15-7-8-16(26(30)37-3)11-20(15)28(31)32/h4-13H,14H2,1-3H3,(H,27,29)/b24-12+. The van der Waals surface area contributed by atoms with Gasteiger partial charge in [-0.15, -0.1) is 0 Å². The SMILES string of the molecule is COC(=O)c1ccc(/C=C2/Sc3cc(S(=O)(=O)Cc4c(OC)cccc4OC)ccc3NC2=O)c([N+](=O)[O-])c1. The van der Waals surface area contributed by atoms with Gasteiger partial charge in [0.25, 0.3) is 11.6 Å². The minimum Gasteiger partial charge on any atom is -0.496 e. The van der Waals surface area contributed by atoms with Crippen molar-refractivity contribution in [2.45, 2.75) is 15.5 Å². The van der Waals surface area contributed by atoms with E-state index in [1.165, 1.54) is 50.6 Å². The summed E-state index contributed by atoms with van der Waals surface area (Å²) in [5.41, 5.74) is 0.433. The minimum absolute atomic E-state index is 0.00520. The highest BCUT2D eigenvalue weighted by Crippen LogP contribution is 2.41. The second kappa shape index (κ2) is 11.2. The van der Waals surface area contributed by atoms with Gasteiger partial charge in [0, 0.05) is 11.0 Å². The van der Waals surface area contributed by atoms with Gasteiger partial charge in [0.15, 0.2) is 9.84 Å². The van der Waals surface area contributed by atoms with E-state index in [2.05, 4.69) is 10.1 Å². The van der Waals surface area contributed by atoms with E-state index in [-0.39, 0.29) is 20.9 Å². The lowest BCUT2D eigenvalue weighted by atomic mass is 10.1. The number of benzene rings is 3. The molecule has 1 amide bonds. The number of nitrogens with zero attached hydrogens (tertiary/aromatic N) is 1. The normalized spacial score (nSPS) is 13.8. The molecule has 0 saturated carbocycles. The van der Waals surface area contributed by atoms with Gasteiger partial charge in [-0.1, -0.05) is 17.8 Å². The quantitative estimate of drug-likeness (QED) is 0.178. The monoisotopic (exact) mass is 570 g/mol. The molecule has 0 atom stereocenters. The molecule has 202 valence electrons. The largest absolute Gasteiger partial charge is 0.496 e. The fraction of sp³-hybridized carbons (Fsp3) is 0.154. The Hall–Kier alpha value is -4.36. The first-order valence-electron chi connectivity index (χ1n) is 11.2. The van der Waals surface area contributed by atoms with Crippen LogP contribution < -0.4 is 14.8 Å². The van der Waals surface area contributed by atoms with E-state index < -0.39 is 38.1 Å². The van der Waals surface area contributed by atoms with Crippen LogP contribution in [0.3, 0.4) is 0 Å². The third-order valence-corrected chi connectivity index (χ3v) is 8.52. The van der Waals surface area contributed by atoms with Crippen LogP contribution in [0, 0.1) is 10.1 Å². The molecule has 4 rings (SSSR count). The lowest BCUT2D eigenvalue weighted by molar-refractivity contribution is -0.385. The molecule has 0 saturated heterocycles. The molecule has 1 heterocycles. The van der Waals surface area contributed by atoms with Crippen molar-refractivity contribution in [1.82, 2.24) is 0 Å². The summed E-state index contributed by atoms with van der Waals surface area (Å²) in [6.45, 7) is 0. The van der Waals surface area contributed by atoms with Gasteiger partial charge in [0.2, 0.25) is 0 Å². The van der Waals surface area contributed by atoms with Crippen LogP contribution in [0.15, 0.2) is 69.3 Å². The molecule has 1 N–H and O–H groups in total. The van der Waals surface area contributed by atoms with Crippen molar-refractivity contribution < 1.29 is 37.1 Å². The number of amides is 1.